The van der Waals surface area contributed by atoms with E-state index in [0.29, 0.717) is 6.42 Å². The van der Waals surface area contributed by atoms with Crippen LogP contribution in [0.2, 0.25) is 0 Å². The van der Waals surface area contributed by atoms with Crippen LogP contribution >= 0.6 is 0 Å². The highest BCUT2D eigenvalue weighted by atomic mass is 16.8. The Morgan fingerprint density at radius 1 is 0.385 bits per heavy atom. The summed E-state index contributed by atoms with van der Waals surface area (Å²) < 4.78 is 34.2. The Balaban J connectivity index is 1.24. The van der Waals surface area contributed by atoms with Crippen LogP contribution in [-0.2, 0) is 33.2 Å². The second-order valence-electron chi connectivity index (χ2n) is 27.1. The Hall–Kier alpha value is -1.47. The van der Waals surface area contributed by atoms with Gasteiger partial charge in [0.2, 0.25) is 5.91 Å². The fourth-order valence-corrected chi connectivity index (χ4v) is 13.0. The van der Waals surface area contributed by atoms with Crippen molar-refractivity contribution >= 4 is 5.91 Å². The predicted molar refractivity (Wildman–Crippen MR) is 356 cm³/mol. The monoisotopic (exact) mass is 1300 g/mol. The molecule has 0 aliphatic carbocycles. The van der Waals surface area contributed by atoms with Crippen molar-refractivity contribution in [1.29, 1.82) is 0 Å². The molecule has 0 radical (unpaired) electrons. The molecule has 17 atom stereocenters. The molecule has 91 heavy (non-hydrogen) atoms. The van der Waals surface area contributed by atoms with E-state index >= 15 is 0 Å². The number of allylic oxidation sites excluding steroid dienone is 1. The van der Waals surface area contributed by atoms with E-state index in [1.54, 1.807) is 6.08 Å². The Kier molecular flexibility index (Phi) is 50.2. The molecule has 3 saturated heterocycles. The summed E-state index contributed by atoms with van der Waals surface area (Å²) in [6.45, 7) is 1.71. The maximum absolute atomic E-state index is 13.3. The number of unbranched alkanes of at least 4 members (excludes halogenated alkanes) is 43. The largest absolute Gasteiger partial charge is 0.394 e. The van der Waals surface area contributed by atoms with Gasteiger partial charge in [0, 0.05) is 6.42 Å². The molecule has 0 saturated carbocycles. The van der Waals surface area contributed by atoms with E-state index in [0.717, 1.165) is 51.4 Å². The molecule has 0 aromatic rings. The average molecular weight is 1300 g/mol. The van der Waals surface area contributed by atoms with Crippen molar-refractivity contribution < 1.29 is 89.4 Å². The van der Waals surface area contributed by atoms with Gasteiger partial charge >= 0.3 is 0 Å². The Labute approximate surface area is 550 Å². The normalized spacial score (nSPS) is 27.9. The number of nitrogens with one attached hydrogen (secondary N) is 1. The summed E-state index contributed by atoms with van der Waals surface area (Å²) in [5, 5.41) is 120. The zero-order valence-electron chi connectivity index (χ0n) is 57.1. The molecular weight excluding hydrogens is 1170 g/mol. The summed E-state index contributed by atoms with van der Waals surface area (Å²) >= 11 is 0. The summed E-state index contributed by atoms with van der Waals surface area (Å²) in [6.07, 6.45) is 35.7. The lowest BCUT2D eigenvalue weighted by Crippen LogP contribution is -2.66. The minimum Gasteiger partial charge on any atom is -0.394 e. The molecule has 17 unspecified atom stereocenters. The molecule has 3 fully saturated rings. The lowest BCUT2D eigenvalue weighted by atomic mass is 9.96. The van der Waals surface area contributed by atoms with Crippen molar-refractivity contribution in [3.63, 3.8) is 0 Å². The number of ether oxygens (including phenoxy) is 6. The molecule has 0 spiro atoms. The molecule has 19 nitrogen and oxygen atoms in total. The summed E-state index contributed by atoms with van der Waals surface area (Å²) in [5.74, 6) is -0.273. The minimum atomic E-state index is -1.97. The minimum absolute atomic E-state index is 0.249. The highest BCUT2D eigenvalue weighted by Gasteiger charge is 2.53. The van der Waals surface area contributed by atoms with Crippen LogP contribution < -0.4 is 5.32 Å². The van der Waals surface area contributed by atoms with Crippen LogP contribution in [-0.4, -0.2) is 193 Å². The van der Waals surface area contributed by atoms with Gasteiger partial charge in [0.05, 0.1) is 38.6 Å². The number of aliphatic hydroxyl groups is 11. The molecular formula is C72H137NO18. The summed E-state index contributed by atoms with van der Waals surface area (Å²) in [4.78, 5) is 13.3. The van der Waals surface area contributed by atoms with E-state index in [1.807, 2.05) is 6.08 Å². The van der Waals surface area contributed by atoms with Gasteiger partial charge < -0.3 is 89.9 Å². The zero-order chi connectivity index (χ0) is 66.1. The van der Waals surface area contributed by atoms with Crippen molar-refractivity contribution in [2.24, 2.45) is 0 Å². The second kappa shape index (κ2) is 54.5. The van der Waals surface area contributed by atoms with Crippen LogP contribution in [0.5, 0.6) is 0 Å². The Bertz CT molecular complexity index is 1700. The van der Waals surface area contributed by atoms with Gasteiger partial charge in [0.25, 0.3) is 0 Å². The van der Waals surface area contributed by atoms with Gasteiger partial charge in [-0.1, -0.05) is 296 Å². The van der Waals surface area contributed by atoms with E-state index in [1.165, 1.54) is 231 Å². The average Bonchev–Trinajstić information content (AvgIpc) is 0.844. The zero-order valence-corrected chi connectivity index (χ0v) is 57.1. The van der Waals surface area contributed by atoms with Crippen molar-refractivity contribution in [3.05, 3.63) is 12.2 Å². The number of carbonyl (C=O) groups excluding carboxylic acids is 1. The molecule has 0 aromatic carbocycles. The number of carbonyl (C=O) groups is 1. The van der Waals surface area contributed by atoms with E-state index in [2.05, 4.69) is 19.2 Å². The molecule has 3 aliphatic rings. The maximum atomic E-state index is 13.3. The van der Waals surface area contributed by atoms with E-state index in [9.17, 15) is 61.0 Å². The topological polar surface area (TPSA) is 307 Å². The van der Waals surface area contributed by atoms with Gasteiger partial charge in [-0.3, -0.25) is 4.79 Å². The van der Waals surface area contributed by atoms with Crippen molar-refractivity contribution in [1.82, 2.24) is 5.32 Å². The van der Waals surface area contributed by atoms with Crippen molar-refractivity contribution in [2.75, 3.05) is 26.4 Å². The predicted octanol–water partition coefficient (Wildman–Crippen LogP) is 10.8. The highest BCUT2D eigenvalue weighted by molar-refractivity contribution is 5.76. The number of hydrogen-bond donors (Lipinski definition) is 12. The SMILES string of the molecule is CCCCCCCC/C=C/C(O)C(COC1OC(CO)C(OC2OC(CO)C(OC3OC(CO)C(O)C(O)C3O)C(O)C2O)C(O)C1O)NC(=O)CCCCCCCCCCCCCCCCCCCCCCCCCCCCCCCCCCCCCCCC. The van der Waals surface area contributed by atoms with Crippen LogP contribution in [0.15, 0.2) is 12.2 Å². The van der Waals surface area contributed by atoms with Gasteiger partial charge in [-0.25, -0.2) is 0 Å². The third kappa shape index (κ3) is 36.1. The molecule has 0 aromatic heterocycles. The van der Waals surface area contributed by atoms with Crippen LogP contribution in [0.25, 0.3) is 0 Å². The molecule has 0 bridgehead atoms. The van der Waals surface area contributed by atoms with Gasteiger partial charge in [0.15, 0.2) is 18.9 Å². The molecule has 1 amide bonds. The molecule has 3 heterocycles. The Morgan fingerprint density at radius 3 is 1.03 bits per heavy atom. The van der Waals surface area contributed by atoms with Gasteiger partial charge in [0.1, 0.15) is 73.2 Å². The van der Waals surface area contributed by atoms with Crippen LogP contribution in [0.3, 0.4) is 0 Å². The summed E-state index contributed by atoms with van der Waals surface area (Å²) in [6, 6.07) is -0.966. The quantitative estimate of drug-likeness (QED) is 0.0199. The smallest absolute Gasteiger partial charge is 0.220 e. The number of amides is 1. The van der Waals surface area contributed by atoms with E-state index < -0.39 is 124 Å². The molecule has 3 aliphatic heterocycles. The van der Waals surface area contributed by atoms with Gasteiger partial charge in [-0.2, -0.15) is 0 Å². The first-order chi connectivity index (χ1) is 44.3. The first kappa shape index (κ1) is 83.8. The van der Waals surface area contributed by atoms with Crippen molar-refractivity contribution in [2.45, 2.75) is 413 Å². The standard InChI is InChI=1S/C72H137NO18/c1-3-5-7-9-11-13-14-15-16-17-18-19-20-21-22-23-24-25-26-27-28-29-30-31-32-33-34-35-36-37-38-39-40-41-42-44-46-48-50-60(78)73-55(56(77)49-47-45-43-12-10-8-6-4-2)54-86-70-66(84)63(81)68(58(52-75)88-70)91-72-67(85)64(82)69(59(53-76)89-72)90-71-65(83)62(80)61(79)57(51-74)87-71/h47,49,55-59,61-72,74-77,79-85H,3-46,48,50-54H2,1-2H3,(H,73,78)/b49-47+. The lowest BCUT2D eigenvalue weighted by Gasteiger charge is -2.48. The third-order valence-corrected chi connectivity index (χ3v) is 19.1. The molecule has 3 rings (SSSR count). The first-order valence-corrected chi connectivity index (χ1v) is 37.4. The maximum Gasteiger partial charge on any atom is 0.220 e. The molecule has 19 heteroatoms. The third-order valence-electron chi connectivity index (χ3n) is 19.1. The van der Waals surface area contributed by atoms with E-state index in [4.69, 9.17) is 28.4 Å². The Morgan fingerprint density at radius 2 is 0.681 bits per heavy atom. The first-order valence-electron chi connectivity index (χ1n) is 37.4. The van der Waals surface area contributed by atoms with Gasteiger partial charge in [-0.15, -0.1) is 0 Å². The van der Waals surface area contributed by atoms with Crippen LogP contribution in [0.4, 0.5) is 0 Å². The number of aliphatic hydroxyl groups excluding tert-OH is 11. The van der Waals surface area contributed by atoms with Crippen LogP contribution in [0.1, 0.15) is 309 Å². The summed E-state index contributed by atoms with van der Waals surface area (Å²) in [7, 11) is 0. The highest BCUT2D eigenvalue weighted by Crippen LogP contribution is 2.33. The second-order valence-corrected chi connectivity index (χ2v) is 27.1. The number of hydrogen-bond acceptors (Lipinski definition) is 18. The lowest BCUT2D eigenvalue weighted by molar-refractivity contribution is -0.379. The van der Waals surface area contributed by atoms with Crippen molar-refractivity contribution in [3.8, 4) is 0 Å². The van der Waals surface area contributed by atoms with E-state index in [-0.39, 0.29) is 18.9 Å². The fourth-order valence-electron chi connectivity index (χ4n) is 13.0. The molecule has 12 N–H and O–H groups in total. The molecule has 538 valence electrons. The summed E-state index contributed by atoms with van der Waals surface area (Å²) in [5.41, 5.74) is 0. The van der Waals surface area contributed by atoms with Gasteiger partial charge in [-0.05, 0) is 19.3 Å². The number of rotatable bonds is 59. The fraction of sp³-hybridized carbons (Fsp3) is 0.958. The van der Waals surface area contributed by atoms with Crippen LogP contribution in [0, 0.1) is 0 Å².